The molecule has 228 valence electrons. The monoisotopic (exact) mass is 588 g/mol. The van der Waals surface area contributed by atoms with E-state index >= 15 is 0 Å². The molecule has 4 rings (SSSR count). The van der Waals surface area contributed by atoms with Crippen molar-refractivity contribution in [2.45, 2.75) is 104 Å². The number of hydrogen-bond acceptors (Lipinski definition) is 7. The van der Waals surface area contributed by atoms with Gasteiger partial charge in [-0.25, -0.2) is 14.5 Å². The Labute approximate surface area is 246 Å². The van der Waals surface area contributed by atoms with E-state index in [0.717, 1.165) is 4.90 Å². The van der Waals surface area contributed by atoms with Crippen LogP contribution in [0.5, 0.6) is 0 Å². The second kappa shape index (κ2) is 11.6. The molecule has 2 bridgehead atoms. The summed E-state index contributed by atoms with van der Waals surface area (Å²) in [4.78, 5) is 58.4. The maximum absolute atomic E-state index is 14.8. The number of rotatable bonds is 6. The van der Waals surface area contributed by atoms with E-state index < -0.39 is 67.3 Å². The van der Waals surface area contributed by atoms with Crippen LogP contribution in [0.2, 0.25) is 18.1 Å². The molecule has 6 atom stereocenters. The molecular formula is C31H48N2O7Si. The Hall–Kier alpha value is -2.64. The van der Waals surface area contributed by atoms with Crippen molar-refractivity contribution in [2.75, 3.05) is 20.2 Å². The standard InChI is InChI=1S/C31H48N2O7Si/c1-12-14-15-16-20-24(34)21-18-32(27(36)38-9)25(20)31(17-13-2)23(21)22(40-41(10,11)30(6,7)8)19-33(26(31)35)28(37)39-29(3,4)5/h13,20-23,25H,2,15-19H2,1,3-11H3/t20?,21?,22-,23?,25+,31-/m0/s1. The lowest BCUT2D eigenvalue weighted by atomic mass is 9.47. The Bertz CT molecular complexity index is 1140. The second-order valence-electron chi connectivity index (χ2n) is 14.0. The number of imide groups is 1. The van der Waals surface area contributed by atoms with E-state index in [0.29, 0.717) is 12.8 Å². The minimum atomic E-state index is -2.45. The molecule has 0 aromatic rings. The number of Topliss-reactive ketones (excluding diaryl/α,β-unsaturated/α-hetero) is 1. The predicted octanol–water partition coefficient (Wildman–Crippen LogP) is 5.40. The van der Waals surface area contributed by atoms with E-state index in [-0.39, 0.29) is 30.3 Å². The fraction of sp³-hybridized carbons (Fsp3) is 0.742. The zero-order chi connectivity index (χ0) is 31.1. The summed E-state index contributed by atoms with van der Waals surface area (Å²) < 4.78 is 17.9. The van der Waals surface area contributed by atoms with Gasteiger partial charge in [-0.2, -0.15) is 0 Å². The van der Waals surface area contributed by atoms with Gasteiger partial charge >= 0.3 is 12.2 Å². The van der Waals surface area contributed by atoms with Crippen LogP contribution in [0.1, 0.15) is 67.7 Å². The number of methoxy groups -OCH3 is 1. The highest BCUT2D eigenvalue weighted by Crippen LogP contribution is 2.60. The minimum absolute atomic E-state index is 0.0140. The van der Waals surface area contributed by atoms with E-state index in [2.05, 4.69) is 52.3 Å². The Kier molecular flexibility index (Phi) is 9.27. The third-order valence-electron chi connectivity index (χ3n) is 9.32. The number of nitrogens with zero attached hydrogens (tertiary/aromatic N) is 2. The number of fused-ring (bicyclic) bond motifs is 2. The van der Waals surface area contributed by atoms with Gasteiger partial charge in [0.15, 0.2) is 8.32 Å². The third kappa shape index (κ3) is 5.85. The lowest BCUT2D eigenvalue weighted by molar-refractivity contribution is -0.203. The summed E-state index contributed by atoms with van der Waals surface area (Å²) in [5.74, 6) is 3.57. The van der Waals surface area contributed by atoms with Crippen LogP contribution in [-0.4, -0.2) is 79.9 Å². The zero-order valence-corrected chi connectivity index (χ0v) is 27.5. The molecule has 4 fully saturated rings. The van der Waals surface area contributed by atoms with Crippen LogP contribution in [0, 0.1) is 35.0 Å². The molecule has 41 heavy (non-hydrogen) atoms. The number of carbonyl (C=O) groups is 4. The van der Waals surface area contributed by atoms with Crippen molar-refractivity contribution in [3.63, 3.8) is 0 Å². The van der Waals surface area contributed by atoms with Gasteiger partial charge in [0.25, 0.3) is 0 Å². The highest BCUT2D eigenvalue weighted by atomic mass is 28.4. The molecule has 1 aliphatic carbocycles. The van der Waals surface area contributed by atoms with Crippen LogP contribution < -0.4 is 0 Å². The number of ether oxygens (including phenoxy) is 2. The molecule has 9 nitrogen and oxygen atoms in total. The Morgan fingerprint density at radius 3 is 2.27 bits per heavy atom. The first-order valence-electron chi connectivity index (χ1n) is 14.5. The fourth-order valence-corrected chi connectivity index (χ4v) is 8.05. The van der Waals surface area contributed by atoms with Crippen LogP contribution in [0.4, 0.5) is 9.59 Å². The van der Waals surface area contributed by atoms with Crippen LogP contribution in [0.3, 0.4) is 0 Å². The minimum Gasteiger partial charge on any atom is -0.453 e. The number of amides is 3. The number of piperidine rings is 3. The summed E-state index contributed by atoms with van der Waals surface area (Å²) in [5, 5.41) is -0.163. The molecule has 0 spiro atoms. The summed E-state index contributed by atoms with van der Waals surface area (Å²) >= 11 is 0. The molecule has 0 aromatic carbocycles. The molecule has 3 unspecified atom stereocenters. The third-order valence-corrected chi connectivity index (χ3v) is 13.8. The lowest BCUT2D eigenvalue weighted by Gasteiger charge is -2.65. The number of likely N-dealkylation sites (tertiary alicyclic amines) is 1. The van der Waals surface area contributed by atoms with Gasteiger partial charge in [-0.15, -0.1) is 18.4 Å². The largest absolute Gasteiger partial charge is 0.453 e. The van der Waals surface area contributed by atoms with Gasteiger partial charge in [0.2, 0.25) is 5.91 Å². The normalized spacial score (nSPS) is 29.9. The average molecular weight is 589 g/mol. The molecule has 1 saturated carbocycles. The summed E-state index contributed by atoms with van der Waals surface area (Å²) in [6, 6.07) is -0.850. The maximum atomic E-state index is 14.8. The van der Waals surface area contributed by atoms with Crippen molar-refractivity contribution in [1.82, 2.24) is 9.80 Å². The van der Waals surface area contributed by atoms with Crippen LogP contribution in [0.25, 0.3) is 0 Å². The quantitative estimate of drug-likeness (QED) is 0.233. The van der Waals surface area contributed by atoms with Crippen molar-refractivity contribution < 1.29 is 33.1 Å². The Morgan fingerprint density at radius 2 is 1.76 bits per heavy atom. The van der Waals surface area contributed by atoms with E-state index in [1.807, 2.05) is 0 Å². The second-order valence-corrected chi connectivity index (χ2v) is 18.8. The molecular weight excluding hydrogens is 540 g/mol. The Morgan fingerprint density at radius 1 is 1.12 bits per heavy atom. The van der Waals surface area contributed by atoms with Gasteiger partial charge < -0.3 is 18.8 Å². The van der Waals surface area contributed by atoms with Crippen LogP contribution in [-0.2, 0) is 23.5 Å². The summed E-state index contributed by atoms with van der Waals surface area (Å²) in [5.41, 5.74) is -2.17. The molecule has 0 radical (unpaired) electrons. The van der Waals surface area contributed by atoms with Gasteiger partial charge in [0.1, 0.15) is 11.4 Å². The highest BCUT2D eigenvalue weighted by molar-refractivity contribution is 6.74. The first-order chi connectivity index (χ1) is 18.9. The SMILES string of the molecule is C=CC[C@]12C(=O)N(C(=O)OC(C)(C)C)C[C@H](O[Si](C)(C)C(C)(C)C)C1C1CN(C(=O)OC)[C@@H]2C(CCC#CC)C1=O. The van der Waals surface area contributed by atoms with Gasteiger partial charge in [0, 0.05) is 30.7 Å². The number of allylic oxidation sites excluding steroid dienone is 1. The summed E-state index contributed by atoms with van der Waals surface area (Å²) in [6.07, 6.45) is 0.640. The van der Waals surface area contributed by atoms with Gasteiger partial charge in [0.05, 0.1) is 31.2 Å². The summed E-state index contributed by atoms with van der Waals surface area (Å²) in [7, 11) is -1.15. The maximum Gasteiger partial charge on any atom is 0.417 e. The van der Waals surface area contributed by atoms with Gasteiger partial charge in [-0.1, -0.05) is 26.8 Å². The van der Waals surface area contributed by atoms with Crippen molar-refractivity contribution in [2.24, 2.45) is 23.2 Å². The molecule has 0 N–H and O–H groups in total. The lowest BCUT2D eigenvalue weighted by Crippen LogP contribution is -2.80. The predicted molar refractivity (Wildman–Crippen MR) is 158 cm³/mol. The van der Waals surface area contributed by atoms with E-state index in [1.54, 1.807) is 33.8 Å². The number of carbonyl (C=O) groups excluding carboxylic acids is 4. The number of hydrogen-bond donors (Lipinski definition) is 0. The van der Waals surface area contributed by atoms with E-state index in [1.165, 1.54) is 12.0 Å². The van der Waals surface area contributed by atoms with Crippen molar-refractivity contribution in [3.05, 3.63) is 12.7 Å². The Balaban J connectivity index is 2.29. The van der Waals surface area contributed by atoms with Crippen LogP contribution >= 0.6 is 0 Å². The molecule has 4 aliphatic rings. The highest BCUT2D eigenvalue weighted by Gasteiger charge is 2.73. The van der Waals surface area contributed by atoms with E-state index in [4.69, 9.17) is 13.9 Å². The van der Waals surface area contributed by atoms with Gasteiger partial charge in [-0.05, 0) is 58.7 Å². The molecule has 0 aromatic heterocycles. The van der Waals surface area contributed by atoms with Crippen molar-refractivity contribution in [3.8, 4) is 11.8 Å². The van der Waals surface area contributed by atoms with E-state index in [9.17, 15) is 19.2 Å². The molecule has 3 aliphatic heterocycles. The fourth-order valence-electron chi connectivity index (χ4n) is 6.72. The number of ketones is 1. The first-order valence-corrected chi connectivity index (χ1v) is 17.4. The zero-order valence-electron chi connectivity index (χ0n) is 26.5. The van der Waals surface area contributed by atoms with Crippen molar-refractivity contribution >= 4 is 32.2 Å². The average Bonchev–Trinajstić information content (AvgIpc) is 2.85. The van der Waals surface area contributed by atoms with Crippen molar-refractivity contribution in [1.29, 1.82) is 0 Å². The van der Waals surface area contributed by atoms with Crippen LogP contribution in [0.15, 0.2) is 12.7 Å². The topological polar surface area (TPSA) is 102 Å². The smallest absolute Gasteiger partial charge is 0.417 e. The molecule has 10 heteroatoms. The molecule has 3 saturated heterocycles. The molecule has 3 amide bonds. The van der Waals surface area contributed by atoms with Gasteiger partial charge in [-0.3, -0.25) is 9.59 Å². The first kappa shape index (κ1) is 32.9. The summed E-state index contributed by atoms with van der Waals surface area (Å²) in [6.45, 7) is 21.7. The molecule has 3 heterocycles.